The zero-order chi connectivity index (χ0) is 6.24. The van der Waals surface area contributed by atoms with Crippen molar-refractivity contribution in [2.75, 3.05) is 19.8 Å². The molecule has 0 aromatic carbocycles. The molecule has 0 bridgehead atoms. The van der Waals surface area contributed by atoms with Gasteiger partial charge in [-0.3, -0.25) is 0 Å². The molecule has 50 valence electrons. The van der Waals surface area contributed by atoms with Gasteiger partial charge in [0.25, 0.3) is 0 Å². The van der Waals surface area contributed by atoms with Gasteiger partial charge in [0.1, 0.15) is 0 Å². The largest absolute Gasteiger partial charge is 0.853 e. The Labute approximate surface area is 50.5 Å². The van der Waals surface area contributed by atoms with Crippen LogP contribution < -0.4 is 5.11 Å². The minimum Gasteiger partial charge on any atom is -0.853 e. The molecule has 0 N–H and O–H groups in total. The van der Waals surface area contributed by atoms with Gasteiger partial charge >= 0.3 is 0 Å². The van der Waals surface area contributed by atoms with Crippen molar-refractivity contribution < 1.29 is 9.84 Å². The second-order valence-electron chi connectivity index (χ2n) is 1.67. The Morgan fingerprint density at radius 1 is 1.38 bits per heavy atom. The van der Waals surface area contributed by atoms with Crippen molar-refractivity contribution in [2.45, 2.75) is 19.8 Å². The molecule has 0 atom stereocenters. The lowest BCUT2D eigenvalue weighted by molar-refractivity contribution is -0.374. The van der Waals surface area contributed by atoms with Gasteiger partial charge in [-0.1, -0.05) is 13.3 Å². The van der Waals surface area contributed by atoms with E-state index in [9.17, 15) is 5.11 Å². The molecule has 0 amide bonds. The molecule has 0 saturated heterocycles. The van der Waals surface area contributed by atoms with Crippen LogP contribution in [0.5, 0.6) is 0 Å². The zero-order valence-electron chi connectivity index (χ0n) is 5.35. The van der Waals surface area contributed by atoms with Crippen molar-refractivity contribution in [3.63, 3.8) is 0 Å². The van der Waals surface area contributed by atoms with Crippen molar-refractivity contribution in [3.8, 4) is 0 Å². The van der Waals surface area contributed by atoms with Gasteiger partial charge in [0.15, 0.2) is 0 Å². The first-order valence-corrected chi connectivity index (χ1v) is 3.07. The summed E-state index contributed by atoms with van der Waals surface area (Å²) in [4.78, 5) is 0. The zero-order valence-corrected chi connectivity index (χ0v) is 5.35. The van der Waals surface area contributed by atoms with Crippen LogP contribution >= 0.6 is 0 Å². The Kier molecular flexibility index (Phi) is 6.85. The first-order chi connectivity index (χ1) is 3.91. The van der Waals surface area contributed by atoms with E-state index in [2.05, 4.69) is 6.92 Å². The third-order valence-electron chi connectivity index (χ3n) is 0.870. The Hall–Kier alpha value is -0.0800. The predicted molar refractivity (Wildman–Crippen MR) is 30.6 cm³/mol. The van der Waals surface area contributed by atoms with Crippen molar-refractivity contribution in [2.24, 2.45) is 0 Å². The lowest BCUT2D eigenvalue weighted by Crippen LogP contribution is -2.13. The van der Waals surface area contributed by atoms with E-state index >= 15 is 0 Å². The number of rotatable bonds is 5. The van der Waals surface area contributed by atoms with E-state index < -0.39 is 0 Å². The van der Waals surface area contributed by atoms with Crippen LogP contribution in [0.15, 0.2) is 0 Å². The maximum absolute atomic E-state index is 9.77. The molecule has 8 heavy (non-hydrogen) atoms. The highest BCUT2D eigenvalue weighted by molar-refractivity contribution is 4.30. The number of unbranched alkanes of at least 4 members (excludes halogenated alkanes) is 1. The standard InChI is InChI=1S/C6H13O2/c1-2-3-5-8-6-4-7/h2-6H2,1H3/q-1. The van der Waals surface area contributed by atoms with Crippen molar-refractivity contribution in [1.29, 1.82) is 0 Å². The first-order valence-electron chi connectivity index (χ1n) is 3.07. The average molecular weight is 117 g/mol. The molecule has 0 aromatic rings. The fraction of sp³-hybridized carbons (Fsp3) is 1.00. The highest BCUT2D eigenvalue weighted by Gasteiger charge is 1.79. The van der Waals surface area contributed by atoms with Gasteiger partial charge in [0, 0.05) is 13.2 Å². The molecule has 0 aliphatic rings. The van der Waals surface area contributed by atoms with Crippen LogP contribution in [0.25, 0.3) is 0 Å². The highest BCUT2D eigenvalue weighted by atomic mass is 16.5. The van der Waals surface area contributed by atoms with Crippen LogP contribution in [0.4, 0.5) is 0 Å². The quantitative estimate of drug-likeness (QED) is 0.480. The van der Waals surface area contributed by atoms with Crippen LogP contribution in [0.2, 0.25) is 0 Å². The van der Waals surface area contributed by atoms with E-state index in [-0.39, 0.29) is 6.61 Å². The highest BCUT2D eigenvalue weighted by Crippen LogP contribution is 1.85. The maximum Gasteiger partial charge on any atom is 0.0465 e. The summed E-state index contributed by atoms with van der Waals surface area (Å²) in [6.45, 7) is 3.11. The van der Waals surface area contributed by atoms with Crippen molar-refractivity contribution in [3.05, 3.63) is 0 Å². The Morgan fingerprint density at radius 3 is 2.62 bits per heavy atom. The van der Waals surface area contributed by atoms with E-state index in [0.717, 1.165) is 19.4 Å². The van der Waals surface area contributed by atoms with E-state index in [1.165, 1.54) is 0 Å². The Bertz CT molecular complexity index is 31.5. The van der Waals surface area contributed by atoms with Gasteiger partial charge in [0.2, 0.25) is 0 Å². The molecule has 2 heteroatoms. The summed E-state index contributed by atoms with van der Waals surface area (Å²) in [5.41, 5.74) is 0. The molecule has 2 nitrogen and oxygen atoms in total. The molecule has 0 heterocycles. The number of hydrogen-bond acceptors (Lipinski definition) is 2. The minimum atomic E-state index is -0.107. The van der Waals surface area contributed by atoms with E-state index in [1.54, 1.807) is 0 Å². The third-order valence-corrected chi connectivity index (χ3v) is 0.870. The minimum absolute atomic E-state index is 0.107. The lowest BCUT2D eigenvalue weighted by atomic mass is 10.4. The molecule has 0 saturated carbocycles. The average Bonchev–Trinajstić information content (AvgIpc) is 1.81. The summed E-state index contributed by atoms with van der Waals surface area (Å²) >= 11 is 0. The molecule has 0 aromatic heterocycles. The molecule has 0 fully saturated rings. The van der Waals surface area contributed by atoms with Gasteiger partial charge in [-0.25, -0.2) is 0 Å². The van der Waals surface area contributed by atoms with Gasteiger partial charge in [-0.15, -0.1) is 6.61 Å². The second-order valence-corrected chi connectivity index (χ2v) is 1.67. The van der Waals surface area contributed by atoms with Crippen molar-refractivity contribution >= 4 is 0 Å². The predicted octanol–water partition coefficient (Wildman–Crippen LogP) is 0.163. The summed E-state index contributed by atoms with van der Waals surface area (Å²) in [5, 5.41) is 9.77. The topological polar surface area (TPSA) is 32.3 Å². The molecular formula is C6H13O2-. The normalized spacial score (nSPS) is 9.75. The molecule has 0 aliphatic carbocycles. The summed E-state index contributed by atoms with van der Waals surface area (Å²) < 4.78 is 4.91. The van der Waals surface area contributed by atoms with Gasteiger partial charge in [0.05, 0.1) is 0 Å². The van der Waals surface area contributed by atoms with E-state index in [0.29, 0.717) is 6.61 Å². The summed E-state index contributed by atoms with van der Waals surface area (Å²) in [5.74, 6) is 0. The Morgan fingerprint density at radius 2 is 2.12 bits per heavy atom. The number of ether oxygens (including phenoxy) is 1. The number of hydrogen-bond donors (Lipinski definition) is 0. The van der Waals surface area contributed by atoms with E-state index in [4.69, 9.17) is 4.74 Å². The smallest absolute Gasteiger partial charge is 0.0465 e. The summed E-state index contributed by atoms with van der Waals surface area (Å²) in [6, 6.07) is 0. The van der Waals surface area contributed by atoms with Gasteiger partial charge < -0.3 is 9.84 Å². The molecule has 0 unspecified atom stereocenters. The Balaban J connectivity index is 2.53. The summed E-state index contributed by atoms with van der Waals surface area (Å²) in [6.07, 6.45) is 2.21. The van der Waals surface area contributed by atoms with Gasteiger partial charge in [-0.05, 0) is 6.42 Å². The summed E-state index contributed by atoms with van der Waals surface area (Å²) in [7, 11) is 0. The molecule has 0 rings (SSSR count). The monoisotopic (exact) mass is 117 g/mol. The molecule has 0 spiro atoms. The van der Waals surface area contributed by atoms with Crippen LogP contribution in [-0.2, 0) is 4.74 Å². The molecule has 0 radical (unpaired) electrons. The van der Waals surface area contributed by atoms with E-state index in [1.807, 2.05) is 0 Å². The molecular weight excluding hydrogens is 104 g/mol. The van der Waals surface area contributed by atoms with Gasteiger partial charge in [-0.2, -0.15) is 0 Å². The fourth-order valence-corrected chi connectivity index (χ4v) is 0.407. The van der Waals surface area contributed by atoms with Crippen LogP contribution in [0.3, 0.4) is 0 Å². The third kappa shape index (κ3) is 5.92. The van der Waals surface area contributed by atoms with Crippen LogP contribution in [0.1, 0.15) is 19.8 Å². The fourth-order valence-electron chi connectivity index (χ4n) is 0.407. The lowest BCUT2D eigenvalue weighted by Gasteiger charge is -2.03. The SMILES string of the molecule is CCCCOCC[O-]. The maximum atomic E-state index is 9.77. The van der Waals surface area contributed by atoms with Crippen LogP contribution in [-0.4, -0.2) is 19.8 Å². The van der Waals surface area contributed by atoms with Crippen molar-refractivity contribution in [1.82, 2.24) is 0 Å². The van der Waals surface area contributed by atoms with Crippen LogP contribution in [0, 0.1) is 0 Å². The molecule has 0 aliphatic heterocycles. The second kappa shape index (κ2) is 6.92. The first kappa shape index (κ1) is 7.92.